The molecule has 1 aliphatic heterocycles. The lowest BCUT2D eigenvalue weighted by atomic mass is 10.1. The molecule has 21 heavy (non-hydrogen) atoms. The number of pyridine rings is 1. The van der Waals surface area contributed by atoms with E-state index in [2.05, 4.69) is 10.3 Å². The number of fused-ring (bicyclic) bond motifs is 1. The SMILES string of the molecule is O=C(O)c1ccc(NC(=O)C2Cc3ccccc3S2)cn1. The Morgan fingerprint density at radius 2 is 2.05 bits per heavy atom. The van der Waals surface area contributed by atoms with Crippen LogP contribution in [0.3, 0.4) is 0 Å². The standard InChI is InChI=1S/C15H12N2O3S/c18-14(13-7-9-3-1-2-4-12(9)21-13)17-10-5-6-11(15(19)20)16-8-10/h1-6,8,13H,7H2,(H,17,18)(H,19,20). The molecule has 1 unspecified atom stereocenters. The van der Waals surface area contributed by atoms with E-state index in [0.29, 0.717) is 12.1 Å². The van der Waals surface area contributed by atoms with Crippen LogP contribution in [0.4, 0.5) is 5.69 Å². The van der Waals surface area contributed by atoms with Crippen molar-refractivity contribution >= 4 is 29.3 Å². The minimum atomic E-state index is -1.09. The van der Waals surface area contributed by atoms with Crippen molar-refractivity contribution in [1.29, 1.82) is 0 Å². The summed E-state index contributed by atoms with van der Waals surface area (Å²) >= 11 is 1.54. The van der Waals surface area contributed by atoms with Crippen molar-refractivity contribution in [3.05, 3.63) is 53.9 Å². The molecule has 0 fully saturated rings. The number of hydrogen-bond donors (Lipinski definition) is 2. The minimum Gasteiger partial charge on any atom is -0.477 e. The third kappa shape index (κ3) is 2.90. The van der Waals surface area contributed by atoms with Crippen molar-refractivity contribution in [2.45, 2.75) is 16.6 Å². The summed E-state index contributed by atoms with van der Waals surface area (Å²) in [5.41, 5.74) is 1.64. The van der Waals surface area contributed by atoms with E-state index in [1.54, 1.807) is 17.8 Å². The van der Waals surface area contributed by atoms with Gasteiger partial charge in [-0.2, -0.15) is 0 Å². The molecule has 1 atom stereocenters. The molecule has 1 aromatic heterocycles. The summed E-state index contributed by atoms with van der Waals surface area (Å²) in [5, 5.41) is 11.4. The fourth-order valence-electron chi connectivity index (χ4n) is 2.15. The van der Waals surface area contributed by atoms with Gasteiger partial charge in [-0.25, -0.2) is 9.78 Å². The second-order valence-electron chi connectivity index (χ2n) is 4.64. The van der Waals surface area contributed by atoms with Crippen LogP contribution in [0.1, 0.15) is 16.1 Å². The molecule has 106 valence electrons. The molecule has 0 spiro atoms. The van der Waals surface area contributed by atoms with Crippen molar-refractivity contribution < 1.29 is 14.7 Å². The highest BCUT2D eigenvalue weighted by Crippen LogP contribution is 2.37. The number of nitrogens with one attached hydrogen (secondary N) is 1. The fraction of sp³-hybridized carbons (Fsp3) is 0.133. The van der Waals surface area contributed by atoms with Crippen LogP contribution in [0.25, 0.3) is 0 Å². The number of amides is 1. The number of benzene rings is 1. The lowest BCUT2D eigenvalue weighted by Crippen LogP contribution is -2.24. The van der Waals surface area contributed by atoms with E-state index in [1.165, 1.54) is 17.8 Å². The zero-order valence-corrected chi connectivity index (χ0v) is 11.8. The highest BCUT2D eigenvalue weighted by atomic mass is 32.2. The van der Waals surface area contributed by atoms with Crippen molar-refractivity contribution in [3.63, 3.8) is 0 Å². The molecule has 1 aromatic carbocycles. The number of rotatable bonds is 3. The van der Waals surface area contributed by atoms with Gasteiger partial charge in [0.1, 0.15) is 5.69 Å². The van der Waals surface area contributed by atoms with Crippen LogP contribution in [0.2, 0.25) is 0 Å². The summed E-state index contributed by atoms with van der Waals surface area (Å²) in [7, 11) is 0. The van der Waals surface area contributed by atoms with E-state index in [-0.39, 0.29) is 16.9 Å². The predicted molar refractivity (Wildman–Crippen MR) is 79.6 cm³/mol. The molecular formula is C15H12N2O3S. The van der Waals surface area contributed by atoms with Gasteiger partial charge >= 0.3 is 5.97 Å². The Labute approximate surface area is 125 Å². The highest BCUT2D eigenvalue weighted by molar-refractivity contribution is 8.01. The van der Waals surface area contributed by atoms with E-state index < -0.39 is 5.97 Å². The molecule has 0 radical (unpaired) electrons. The normalized spacial score (nSPS) is 16.3. The Bertz CT molecular complexity index is 675. The molecule has 1 aliphatic rings. The molecule has 0 bridgehead atoms. The molecular weight excluding hydrogens is 288 g/mol. The number of aromatic nitrogens is 1. The van der Waals surface area contributed by atoms with Crippen molar-refractivity contribution in [2.24, 2.45) is 0 Å². The van der Waals surface area contributed by atoms with Gasteiger partial charge in [0.15, 0.2) is 0 Å². The third-order valence-corrected chi connectivity index (χ3v) is 4.51. The van der Waals surface area contributed by atoms with Gasteiger partial charge in [-0.05, 0) is 30.2 Å². The molecule has 5 nitrogen and oxygen atoms in total. The Morgan fingerprint density at radius 3 is 2.71 bits per heavy atom. The maximum Gasteiger partial charge on any atom is 0.354 e. The quantitative estimate of drug-likeness (QED) is 0.910. The number of nitrogens with zero attached hydrogens (tertiary/aromatic N) is 1. The summed E-state index contributed by atoms with van der Waals surface area (Å²) in [6, 6.07) is 10.9. The molecule has 3 rings (SSSR count). The zero-order chi connectivity index (χ0) is 14.8. The topological polar surface area (TPSA) is 79.3 Å². The highest BCUT2D eigenvalue weighted by Gasteiger charge is 2.28. The first-order valence-electron chi connectivity index (χ1n) is 6.38. The largest absolute Gasteiger partial charge is 0.477 e. The van der Waals surface area contributed by atoms with E-state index in [1.807, 2.05) is 24.3 Å². The van der Waals surface area contributed by atoms with Gasteiger partial charge < -0.3 is 10.4 Å². The molecule has 2 N–H and O–H groups in total. The van der Waals surface area contributed by atoms with Gasteiger partial charge in [0.25, 0.3) is 0 Å². The number of carboxylic acids is 1. The molecule has 0 aliphatic carbocycles. The van der Waals surface area contributed by atoms with Crippen LogP contribution in [-0.4, -0.2) is 27.2 Å². The van der Waals surface area contributed by atoms with Gasteiger partial charge in [-0.1, -0.05) is 18.2 Å². The first-order valence-corrected chi connectivity index (χ1v) is 7.26. The van der Waals surface area contributed by atoms with Crippen molar-refractivity contribution in [1.82, 2.24) is 4.98 Å². The second kappa shape index (κ2) is 5.57. The molecule has 1 amide bonds. The van der Waals surface area contributed by atoms with E-state index in [4.69, 9.17) is 5.11 Å². The Hall–Kier alpha value is -2.34. The number of carbonyl (C=O) groups excluding carboxylic acids is 1. The minimum absolute atomic E-state index is 0.0457. The maximum atomic E-state index is 12.2. The van der Waals surface area contributed by atoms with Crippen LogP contribution in [0.5, 0.6) is 0 Å². The summed E-state index contributed by atoms with van der Waals surface area (Å²) in [5.74, 6) is -1.18. The van der Waals surface area contributed by atoms with Gasteiger partial charge in [0.2, 0.25) is 5.91 Å². The molecule has 2 heterocycles. The second-order valence-corrected chi connectivity index (χ2v) is 5.89. The average Bonchev–Trinajstić information content (AvgIpc) is 2.92. The zero-order valence-electron chi connectivity index (χ0n) is 10.9. The van der Waals surface area contributed by atoms with Gasteiger partial charge in [-0.3, -0.25) is 4.79 Å². The summed E-state index contributed by atoms with van der Waals surface area (Å²) in [6.45, 7) is 0. The molecule has 6 heteroatoms. The number of hydrogen-bond acceptors (Lipinski definition) is 4. The van der Waals surface area contributed by atoms with Gasteiger partial charge in [0, 0.05) is 4.90 Å². The van der Waals surface area contributed by atoms with Gasteiger partial charge in [0.05, 0.1) is 17.1 Å². The summed E-state index contributed by atoms with van der Waals surface area (Å²) in [4.78, 5) is 27.9. The summed E-state index contributed by atoms with van der Waals surface area (Å²) in [6.07, 6.45) is 2.06. The Morgan fingerprint density at radius 1 is 1.24 bits per heavy atom. The number of anilines is 1. The average molecular weight is 300 g/mol. The number of aromatic carboxylic acids is 1. The summed E-state index contributed by atoms with van der Waals surface area (Å²) < 4.78 is 0. The number of thioether (sulfide) groups is 1. The number of carbonyl (C=O) groups is 2. The molecule has 0 saturated carbocycles. The van der Waals surface area contributed by atoms with Gasteiger partial charge in [-0.15, -0.1) is 11.8 Å². The Balaban J connectivity index is 1.66. The lowest BCUT2D eigenvalue weighted by molar-refractivity contribution is -0.115. The predicted octanol–water partition coefficient (Wildman–Crippen LogP) is 2.44. The van der Waals surface area contributed by atoms with E-state index in [9.17, 15) is 9.59 Å². The lowest BCUT2D eigenvalue weighted by Gasteiger charge is -2.09. The van der Waals surface area contributed by atoms with Crippen LogP contribution in [-0.2, 0) is 11.2 Å². The molecule has 0 saturated heterocycles. The van der Waals surface area contributed by atoms with Crippen LogP contribution in [0.15, 0.2) is 47.5 Å². The van der Waals surface area contributed by atoms with Crippen molar-refractivity contribution in [3.8, 4) is 0 Å². The van der Waals surface area contributed by atoms with E-state index in [0.717, 1.165) is 4.90 Å². The van der Waals surface area contributed by atoms with E-state index >= 15 is 0 Å². The third-order valence-electron chi connectivity index (χ3n) is 3.19. The Kier molecular flexibility index (Phi) is 3.62. The smallest absolute Gasteiger partial charge is 0.354 e. The maximum absolute atomic E-state index is 12.2. The number of carboxylic acid groups (broad SMARTS) is 1. The van der Waals surface area contributed by atoms with Crippen LogP contribution >= 0.6 is 11.8 Å². The first-order chi connectivity index (χ1) is 10.1. The van der Waals surface area contributed by atoms with Crippen LogP contribution in [0, 0.1) is 0 Å². The first kappa shape index (κ1) is 13.6. The monoisotopic (exact) mass is 300 g/mol. The van der Waals surface area contributed by atoms with Crippen molar-refractivity contribution in [2.75, 3.05) is 5.32 Å². The fourth-order valence-corrected chi connectivity index (χ4v) is 3.34. The molecule has 2 aromatic rings. The van der Waals surface area contributed by atoms with Crippen LogP contribution < -0.4 is 5.32 Å².